The number of hydrogen-bond donors (Lipinski definition) is 0. The van der Waals surface area contributed by atoms with Gasteiger partial charge in [0.15, 0.2) is 0 Å². The monoisotopic (exact) mass is 815 g/mol. The maximum Gasteiger partial charge on any atom is 0.0714 e. The van der Waals surface area contributed by atoms with Crippen LogP contribution < -0.4 is 4.90 Å². The smallest absolute Gasteiger partial charge is 0.0714 e. The Labute approximate surface area is 376 Å². The van der Waals surface area contributed by atoms with Crippen molar-refractivity contribution < 1.29 is 0 Å². The fourth-order valence-corrected chi connectivity index (χ4v) is 11.1. The summed E-state index contributed by atoms with van der Waals surface area (Å²) < 4.78 is 0. The topological polar surface area (TPSA) is 3.24 Å². The molecule has 10 aromatic rings. The Morgan fingerprint density at radius 1 is 0.281 bits per heavy atom. The van der Waals surface area contributed by atoms with Crippen LogP contribution in [0.3, 0.4) is 0 Å². The largest absolute Gasteiger partial charge is 0.310 e. The zero-order valence-corrected chi connectivity index (χ0v) is 35.7. The highest BCUT2D eigenvalue weighted by atomic mass is 15.1. The summed E-state index contributed by atoms with van der Waals surface area (Å²) in [6, 6.07) is 94.2. The molecule has 1 heteroatoms. The van der Waals surface area contributed by atoms with E-state index in [9.17, 15) is 0 Å². The Morgan fingerprint density at radius 3 is 1.45 bits per heavy atom. The van der Waals surface area contributed by atoms with Crippen molar-refractivity contribution in [2.75, 3.05) is 4.90 Å². The highest BCUT2D eigenvalue weighted by Crippen LogP contribution is 2.58. The second kappa shape index (κ2) is 15.1. The van der Waals surface area contributed by atoms with Crippen LogP contribution in [0, 0.1) is 0 Å². The molecule has 1 nitrogen and oxygen atoms in total. The lowest BCUT2D eigenvalue weighted by Gasteiger charge is -2.35. The third-order valence-electron chi connectivity index (χ3n) is 14.0. The summed E-state index contributed by atoms with van der Waals surface area (Å²) >= 11 is 0. The molecule has 2 aliphatic carbocycles. The van der Waals surface area contributed by atoms with Crippen LogP contribution in [0.1, 0.15) is 45.9 Å². The van der Waals surface area contributed by atoms with E-state index < -0.39 is 5.41 Å². The summed E-state index contributed by atoms with van der Waals surface area (Å²) in [6.07, 6.45) is 0. The average Bonchev–Trinajstić information content (AvgIpc) is 3.82. The minimum atomic E-state index is -0.529. The number of fused-ring (bicyclic) bond motifs is 6. The molecule has 10 aromatic carbocycles. The van der Waals surface area contributed by atoms with E-state index in [-0.39, 0.29) is 5.41 Å². The first-order valence-electron chi connectivity index (χ1n) is 22.3. The van der Waals surface area contributed by atoms with Crippen molar-refractivity contribution in [3.8, 4) is 44.5 Å². The van der Waals surface area contributed by atoms with E-state index in [2.05, 4.69) is 267 Å². The van der Waals surface area contributed by atoms with Crippen LogP contribution in [-0.4, -0.2) is 0 Å². The summed E-state index contributed by atoms with van der Waals surface area (Å²) in [5.74, 6) is 0. The van der Waals surface area contributed by atoms with Crippen molar-refractivity contribution in [2.24, 2.45) is 0 Å². The Hall–Kier alpha value is -8.00. The third-order valence-corrected chi connectivity index (χ3v) is 14.0. The summed E-state index contributed by atoms with van der Waals surface area (Å²) in [5, 5.41) is 0. The predicted octanol–water partition coefficient (Wildman–Crippen LogP) is 16.2. The van der Waals surface area contributed by atoms with Gasteiger partial charge in [-0.2, -0.15) is 0 Å². The van der Waals surface area contributed by atoms with E-state index in [0.717, 1.165) is 17.1 Å². The number of nitrogens with zero attached hydrogens (tertiary/aromatic N) is 1. The Balaban J connectivity index is 1.10. The molecule has 64 heavy (non-hydrogen) atoms. The van der Waals surface area contributed by atoms with Crippen molar-refractivity contribution in [1.82, 2.24) is 0 Å². The standard InChI is InChI=1S/C63H45N/c1-62(47-24-8-3-9-25-47)57-34-17-14-32-53(57)55-39-37-46(42-59(55)62)52-31-16-19-36-61(52)64(50-30-20-23-45(41-50)44-21-6-2-7-22-44)51-38-40-56-54-33-15-18-35-58(54)63(60(56)43-51,48-26-10-4-11-27-48)49-28-12-5-13-29-49/h2-43H,1H3. The first-order valence-corrected chi connectivity index (χ1v) is 22.3. The molecule has 0 amide bonds. The molecule has 1 unspecified atom stereocenters. The first-order chi connectivity index (χ1) is 31.6. The fraction of sp³-hybridized carbons (Fsp3) is 0.0476. The number of anilines is 3. The molecule has 0 saturated carbocycles. The van der Waals surface area contributed by atoms with Crippen LogP contribution in [0.2, 0.25) is 0 Å². The van der Waals surface area contributed by atoms with E-state index in [1.54, 1.807) is 0 Å². The molecular weight excluding hydrogens is 771 g/mol. The summed E-state index contributed by atoms with van der Waals surface area (Å²) in [7, 11) is 0. The van der Waals surface area contributed by atoms with Gasteiger partial charge in [-0.05, 0) is 121 Å². The van der Waals surface area contributed by atoms with Crippen LogP contribution in [0.4, 0.5) is 17.1 Å². The van der Waals surface area contributed by atoms with Gasteiger partial charge in [0.2, 0.25) is 0 Å². The van der Waals surface area contributed by atoms with Gasteiger partial charge in [-0.3, -0.25) is 0 Å². The number of rotatable bonds is 8. The van der Waals surface area contributed by atoms with Gasteiger partial charge in [0.05, 0.1) is 11.1 Å². The molecule has 0 bridgehead atoms. The van der Waals surface area contributed by atoms with Crippen molar-refractivity contribution in [2.45, 2.75) is 17.8 Å². The van der Waals surface area contributed by atoms with Crippen molar-refractivity contribution in [1.29, 1.82) is 0 Å². The summed E-state index contributed by atoms with van der Waals surface area (Å²) in [4.78, 5) is 2.49. The molecule has 0 fully saturated rings. The Kier molecular flexibility index (Phi) is 8.91. The molecule has 1 atom stereocenters. The van der Waals surface area contributed by atoms with Gasteiger partial charge in [0, 0.05) is 22.4 Å². The Bertz CT molecular complexity index is 3300. The zero-order chi connectivity index (χ0) is 42.7. The molecule has 0 aromatic heterocycles. The van der Waals surface area contributed by atoms with Crippen LogP contribution >= 0.6 is 0 Å². The highest BCUT2D eigenvalue weighted by molar-refractivity contribution is 5.94. The number of para-hydroxylation sites is 1. The SMILES string of the molecule is CC1(c2ccccc2)c2ccccc2-c2ccc(-c3ccccc3N(c3cccc(-c4ccccc4)c3)c3ccc4c(c3)C(c3ccccc3)(c3ccccc3)c3ccccc3-4)cc21. The van der Waals surface area contributed by atoms with E-state index >= 15 is 0 Å². The molecule has 0 spiro atoms. The average molecular weight is 816 g/mol. The van der Waals surface area contributed by atoms with E-state index in [1.807, 2.05) is 0 Å². The van der Waals surface area contributed by atoms with Crippen molar-refractivity contribution >= 4 is 17.1 Å². The van der Waals surface area contributed by atoms with Crippen LogP contribution in [0.25, 0.3) is 44.5 Å². The molecule has 302 valence electrons. The molecule has 0 saturated heterocycles. The van der Waals surface area contributed by atoms with Gasteiger partial charge in [0.1, 0.15) is 0 Å². The summed E-state index contributed by atoms with van der Waals surface area (Å²) in [5.41, 5.74) is 21.4. The Morgan fingerprint density at radius 2 is 0.766 bits per heavy atom. The third kappa shape index (κ3) is 5.71. The second-order valence-corrected chi connectivity index (χ2v) is 17.3. The van der Waals surface area contributed by atoms with Gasteiger partial charge in [0.25, 0.3) is 0 Å². The van der Waals surface area contributed by atoms with Crippen molar-refractivity contribution in [3.05, 3.63) is 294 Å². The molecule has 0 radical (unpaired) electrons. The van der Waals surface area contributed by atoms with Gasteiger partial charge in [-0.15, -0.1) is 0 Å². The minimum absolute atomic E-state index is 0.310. The first kappa shape index (κ1) is 37.7. The maximum atomic E-state index is 2.49. The normalized spacial score (nSPS) is 15.1. The number of benzene rings is 10. The van der Waals surface area contributed by atoms with Gasteiger partial charge >= 0.3 is 0 Å². The maximum absolute atomic E-state index is 2.49. The highest BCUT2D eigenvalue weighted by Gasteiger charge is 2.46. The molecule has 0 N–H and O–H groups in total. The van der Waals surface area contributed by atoms with Crippen LogP contribution in [0.5, 0.6) is 0 Å². The van der Waals surface area contributed by atoms with Crippen LogP contribution in [-0.2, 0) is 10.8 Å². The van der Waals surface area contributed by atoms with Crippen molar-refractivity contribution in [3.63, 3.8) is 0 Å². The van der Waals surface area contributed by atoms with Crippen LogP contribution in [0.15, 0.2) is 255 Å². The molecular formula is C63H45N. The van der Waals surface area contributed by atoms with E-state index in [4.69, 9.17) is 0 Å². The lowest BCUT2D eigenvalue weighted by Crippen LogP contribution is -2.28. The minimum Gasteiger partial charge on any atom is -0.310 e. The molecule has 12 rings (SSSR count). The molecule has 2 aliphatic rings. The zero-order valence-electron chi connectivity index (χ0n) is 35.7. The quantitative estimate of drug-likeness (QED) is 0.148. The van der Waals surface area contributed by atoms with Gasteiger partial charge in [-0.1, -0.05) is 218 Å². The lowest BCUT2D eigenvalue weighted by atomic mass is 9.67. The summed E-state index contributed by atoms with van der Waals surface area (Å²) in [6.45, 7) is 2.40. The number of hydrogen-bond acceptors (Lipinski definition) is 1. The van der Waals surface area contributed by atoms with Gasteiger partial charge < -0.3 is 4.90 Å². The fourth-order valence-electron chi connectivity index (χ4n) is 11.1. The van der Waals surface area contributed by atoms with E-state index in [0.29, 0.717) is 0 Å². The second-order valence-electron chi connectivity index (χ2n) is 17.3. The predicted molar refractivity (Wildman–Crippen MR) is 267 cm³/mol. The van der Waals surface area contributed by atoms with E-state index in [1.165, 1.54) is 83.5 Å². The molecule has 0 heterocycles. The lowest BCUT2D eigenvalue weighted by molar-refractivity contribution is 0.714. The molecule has 0 aliphatic heterocycles. The van der Waals surface area contributed by atoms with Gasteiger partial charge in [-0.25, -0.2) is 0 Å².